The Labute approximate surface area is 117 Å². The van der Waals surface area contributed by atoms with Crippen molar-refractivity contribution < 1.29 is 22.7 Å². The highest BCUT2D eigenvalue weighted by atomic mass is 19.4. The van der Waals surface area contributed by atoms with Crippen molar-refractivity contribution in [3.8, 4) is 11.1 Å². The lowest BCUT2D eigenvalue weighted by Crippen LogP contribution is -2.18. The molecule has 1 heterocycles. The summed E-state index contributed by atoms with van der Waals surface area (Å²) in [5.41, 5.74) is -2.00. The number of carbonyl (C=O) groups is 1. The Bertz CT molecular complexity index is 735. The van der Waals surface area contributed by atoms with E-state index >= 15 is 0 Å². The molecule has 1 N–H and O–H groups in total. The molecule has 2 rings (SSSR count). The van der Waals surface area contributed by atoms with E-state index in [1.54, 1.807) is 0 Å². The van der Waals surface area contributed by atoms with E-state index in [4.69, 9.17) is 0 Å². The summed E-state index contributed by atoms with van der Waals surface area (Å²) >= 11 is 0. The molecule has 0 fully saturated rings. The number of pyridine rings is 1. The van der Waals surface area contributed by atoms with Gasteiger partial charge in [0.05, 0.1) is 12.7 Å². The molecule has 0 saturated heterocycles. The number of aromatic amines is 1. The molecule has 110 valence electrons. The van der Waals surface area contributed by atoms with Gasteiger partial charge in [-0.15, -0.1) is 0 Å². The normalized spacial score (nSPS) is 11.2. The Balaban J connectivity index is 2.64. The number of esters is 1. The minimum absolute atomic E-state index is 0.0722. The standard InChI is InChI=1S/C14H10F3NO3/c1-21-13(20)10-6-8(7-18-12(10)19)9-4-2-3-5-11(9)14(15,16)17/h2-7H,1H3,(H,18,19). The first-order valence-electron chi connectivity index (χ1n) is 5.82. The highest BCUT2D eigenvalue weighted by Crippen LogP contribution is 2.36. The summed E-state index contributed by atoms with van der Waals surface area (Å²) in [5, 5.41) is 0. The summed E-state index contributed by atoms with van der Waals surface area (Å²) in [4.78, 5) is 25.2. The van der Waals surface area contributed by atoms with E-state index in [2.05, 4.69) is 9.72 Å². The summed E-state index contributed by atoms with van der Waals surface area (Å²) < 4.78 is 43.3. The quantitative estimate of drug-likeness (QED) is 0.867. The number of aromatic nitrogens is 1. The maximum Gasteiger partial charge on any atom is 0.417 e. The van der Waals surface area contributed by atoms with Crippen LogP contribution in [0.15, 0.2) is 41.3 Å². The number of nitrogens with one attached hydrogen (secondary N) is 1. The molecule has 21 heavy (non-hydrogen) atoms. The average Bonchev–Trinajstić information content (AvgIpc) is 2.46. The minimum Gasteiger partial charge on any atom is -0.465 e. The van der Waals surface area contributed by atoms with E-state index in [0.717, 1.165) is 25.4 Å². The summed E-state index contributed by atoms with van der Waals surface area (Å²) in [6.07, 6.45) is -3.42. The Morgan fingerprint density at radius 3 is 2.52 bits per heavy atom. The van der Waals surface area contributed by atoms with Crippen LogP contribution >= 0.6 is 0 Å². The lowest BCUT2D eigenvalue weighted by Gasteiger charge is -2.13. The van der Waals surface area contributed by atoms with Crippen molar-refractivity contribution in [1.29, 1.82) is 0 Å². The van der Waals surface area contributed by atoms with Crippen LogP contribution in [0.5, 0.6) is 0 Å². The van der Waals surface area contributed by atoms with Crippen LogP contribution in [-0.2, 0) is 10.9 Å². The van der Waals surface area contributed by atoms with Crippen LogP contribution in [0.1, 0.15) is 15.9 Å². The van der Waals surface area contributed by atoms with E-state index in [9.17, 15) is 22.8 Å². The van der Waals surface area contributed by atoms with Gasteiger partial charge in [-0.2, -0.15) is 13.2 Å². The molecule has 7 heteroatoms. The van der Waals surface area contributed by atoms with Gasteiger partial charge >= 0.3 is 12.1 Å². The minimum atomic E-state index is -4.54. The number of H-pyrrole nitrogens is 1. The molecule has 0 radical (unpaired) electrons. The summed E-state index contributed by atoms with van der Waals surface area (Å²) in [7, 11) is 1.08. The third kappa shape index (κ3) is 2.96. The molecule has 1 aromatic carbocycles. The lowest BCUT2D eigenvalue weighted by molar-refractivity contribution is -0.137. The molecule has 0 aliphatic carbocycles. The van der Waals surface area contributed by atoms with Crippen LogP contribution in [-0.4, -0.2) is 18.1 Å². The predicted octanol–water partition coefficient (Wildman–Crippen LogP) is 2.85. The van der Waals surface area contributed by atoms with Crippen LogP contribution in [0.2, 0.25) is 0 Å². The Morgan fingerprint density at radius 2 is 1.90 bits per heavy atom. The van der Waals surface area contributed by atoms with Crippen LogP contribution in [0.3, 0.4) is 0 Å². The largest absolute Gasteiger partial charge is 0.465 e. The molecule has 2 aromatic rings. The second kappa shape index (κ2) is 5.43. The molecule has 0 aliphatic heterocycles. The molecule has 0 aliphatic rings. The van der Waals surface area contributed by atoms with Gasteiger partial charge in [0.1, 0.15) is 5.56 Å². The van der Waals surface area contributed by atoms with E-state index < -0.39 is 23.3 Å². The first kappa shape index (κ1) is 14.8. The Kier molecular flexibility index (Phi) is 3.84. The molecule has 0 amide bonds. The Morgan fingerprint density at radius 1 is 1.24 bits per heavy atom. The number of benzene rings is 1. The number of hydrogen-bond acceptors (Lipinski definition) is 3. The zero-order valence-electron chi connectivity index (χ0n) is 10.8. The fraction of sp³-hybridized carbons (Fsp3) is 0.143. The maximum absolute atomic E-state index is 13.0. The molecule has 0 atom stereocenters. The Hall–Kier alpha value is -2.57. The van der Waals surface area contributed by atoms with E-state index in [1.807, 2.05) is 0 Å². The number of carbonyl (C=O) groups excluding carboxylic acids is 1. The lowest BCUT2D eigenvalue weighted by atomic mass is 9.99. The summed E-state index contributed by atoms with van der Waals surface area (Å²) in [6, 6.07) is 5.97. The van der Waals surface area contributed by atoms with Gasteiger partial charge in [0.25, 0.3) is 5.56 Å². The molecule has 0 unspecified atom stereocenters. The molecule has 4 nitrogen and oxygen atoms in total. The molecular weight excluding hydrogens is 287 g/mol. The zero-order valence-corrected chi connectivity index (χ0v) is 10.8. The fourth-order valence-corrected chi connectivity index (χ4v) is 1.88. The van der Waals surface area contributed by atoms with Crippen molar-refractivity contribution in [2.24, 2.45) is 0 Å². The molecule has 0 saturated carbocycles. The summed E-state index contributed by atoms with van der Waals surface area (Å²) in [6.45, 7) is 0. The van der Waals surface area contributed by atoms with Gasteiger partial charge in [-0.05, 0) is 23.3 Å². The smallest absolute Gasteiger partial charge is 0.417 e. The van der Waals surface area contributed by atoms with Gasteiger partial charge in [-0.1, -0.05) is 18.2 Å². The van der Waals surface area contributed by atoms with Crippen molar-refractivity contribution in [1.82, 2.24) is 4.98 Å². The van der Waals surface area contributed by atoms with Crippen LogP contribution in [0.4, 0.5) is 13.2 Å². The SMILES string of the molecule is COC(=O)c1cc(-c2ccccc2C(F)(F)F)c[nH]c1=O. The first-order chi connectivity index (χ1) is 9.84. The van der Waals surface area contributed by atoms with Crippen LogP contribution < -0.4 is 5.56 Å². The number of methoxy groups -OCH3 is 1. The van der Waals surface area contributed by atoms with Crippen LogP contribution in [0.25, 0.3) is 11.1 Å². The van der Waals surface area contributed by atoms with Gasteiger partial charge in [-0.25, -0.2) is 4.79 Å². The molecule has 0 bridgehead atoms. The average molecular weight is 297 g/mol. The predicted molar refractivity (Wildman–Crippen MR) is 68.8 cm³/mol. The van der Waals surface area contributed by atoms with Gasteiger partial charge in [0.2, 0.25) is 0 Å². The second-order valence-corrected chi connectivity index (χ2v) is 4.17. The van der Waals surface area contributed by atoms with Gasteiger partial charge < -0.3 is 9.72 Å². The van der Waals surface area contributed by atoms with Crippen molar-refractivity contribution in [2.45, 2.75) is 6.18 Å². The number of hydrogen-bond donors (Lipinski definition) is 1. The molecule has 0 spiro atoms. The summed E-state index contributed by atoms with van der Waals surface area (Å²) in [5.74, 6) is -0.914. The van der Waals surface area contributed by atoms with E-state index in [-0.39, 0.29) is 16.7 Å². The third-order valence-corrected chi connectivity index (χ3v) is 2.85. The number of rotatable bonds is 2. The van der Waals surface area contributed by atoms with Gasteiger partial charge in [-0.3, -0.25) is 4.79 Å². The fourth-order valence-electron chi connectivity index (χ4n) is 1.88. The number of alkyl halides is 3. The van der Waals surface area contributed by atoms with E-state index in [1.165, 1.54) is 18.2 Å². The highest BCUT2D eigenvalue weighted by molar-refractivity contribution is 5.90. The second-order valence-electron chi connectivity index (χ2n) is 4.17. The van der Waals surface area contributed by atoms with Gasteiger partial charge in [0.15, 0.2) is 0 Å². The molecular formula is C14H10F3NO3. The zero-order chi connectivity index (χ0) is 15.6. The van der Waals surface area contributed by atoms with Crippen molar-refractivity contribution in [2.75, 3.05) is 7.11 Å². The van der Waals surface area contributed by atoms with Crippen molar-refractivity contribution >= 4 is 5.97 Å². The molecule has 1 aromatic heterocycles. The topological polar surface area (TPSA) is 59.2 Å². The number of ether oxygens (including phenoxy) is 1. The first-order valence-corrected chi connectivity index (χ1v) is 5.82. The number of halogens is 3. The monoisotopic (exact) mass is 297 g/mol. The van der Waals surface area contributed by atoms with Gasteiger partial charge in [0, 0.05) is 6.20 Å². The maximum atomic E-state index is 13.0. The van der Waals surface area contributed by atoms with E-state index in [0.29, 0.717) is 0 Å². The third-order valence-electron chi connectivity index (χ3n) is 2.85. The van der Waals surface area contributed by atoms with Crippen molar-refractivity contribution in [3.63, 3.8) is 0 Å². The van der Waals surface area contributed by atoms with Crippen molar-refractivity contribution in [3.05, 3.63) is 58.0 Å². The highest BCUT2D eigenvalue weighted by Gasteiger charge is 2.33. The van der Waals surface area contributed by atoms with Crippen LogP contribution in [0, 0.1) is 0 Å².